The summed E-state index contributed by atoms with van der Waals surface area (Å²) in [6.45, 7) is 8.89. The topological polar surface area (TPSA) is 64.2 Å². The van der Waals surface area contributed by atoms with Crippen molar-refractivity contribution in [3.05, 3.63) is 24.2 Å². The Labute approximate surface area is 159 Å². The summed E-state index contributed by atoms with van der Waals surface area (Å²) in [5.41, 5.74) is 0. The summed E-state index contributed by atoms with van der Waals surface area (Å²) in [5, 5.41) is 9.85. The molecule has 0 spiro atoms. The van der Waals surface area contributed by atoms with Crippen molar-refractivity contribution in [2.45, 2.75) is 51.7 Å². The van der Waals surface area contributed by atoms with E-state index in [9.17, 15) is 4.79 Å². The molecule has 7 heteroatoms. The molecule has 26 heavy (non-hydrogen) atoms. The third kappa shape index (κ3) is 4.90. The molecule has 1 saturated heterocycles. The van der Waals surface area contributed by atoms with E-state index in [1.807, 2.05) is 12.1 Å². The number of carbonyl (C=O) groups excluding carboxylic acids is 1. The van der Waals surface area contributed by atoms with Gasteiger partial charge in [-0.3, -0.25) is 4.57 Å². The van der Waals surface area contributed by atoms with Crippen LogP contribution >= 0.6 is 11.8 Å². The quantitative estimate of drug-likeness (QED) is 0.515. The lowest BCUT2D eigenvalue weighted by Gasteiger charge is -2.35. The van der Waals surface area contributed by atoms with E-state index in [0.717, 1.165) is 42.1 Å². The lowest BCUT2D eigenvalue weighted by atomic mass is 9.92. The fraction of sp³-hybridized carbons (Fsp3) is 0.632. The lowest BCUT2D eigenvalue weighted by molar-refractivity contribution is -0.117. The van der Waals surface area contributed by atoms with Gasteiger partial charge in [0.25, 0.3) is 0 Å². The van der Waals surface area contributed by atoms with E-state index in [4.69, 9.17) is 4.42 Å². The van der Waals surface area contributed by atoms with Crippen LogP contribution in [0.15, 0.2) is 28.0 Å². The van der Waals surface area contributed by atoms with Crippen LogP contribution in [0.5, 0.6) is 0 Å². The minimum absolute atomic E-state index is 0.236. The number of anilines is 1. The Bertz CT molecular complexity index is 703. The van der Waals surface area contributed by atoms with Crippen molar-refractivity contribution in [1.82, 2.24) is 14.8 Å². The predicted molar refractivity (Wildman–Crippen MR) is 104 cm³/mol. The number of hydrogen-bond acceptors (Lipinski definition) is 6. The third-order valence-corrected chi connectivity index (χ3v) is 5.70. The maximum absolute atomic E-state index is 11.1. The number of rotatable bonds is 8. The highest BCUT2D eigenvalue weighted by molar-refractivity contribution is 7.99. The van der Waals surface area contributed by atoms with E-state index >= 15 is 0 Å². The minimum atomic E-state index is 0.236. The number of thioether (sulfide) groups is 1. The van der Waals surface area contributed by atoms with Crippen LogP contribution in [-0.2, 0) is 11.3 Å². The van der Waals surface area contributed by atoms with Gasteiger partial charge in [-0.2, -0.15) is 0 Å². The van der Waals surface area contributed by atoms with Gasteiger partial charge in [-0.05, 0) is 43.7 Å². The Balaban J connectivity index is 1.78. The normalized spacial score (nSPS) is 20.5. The maximum atomic E-state index is 11.1. The van der Waals surface area contributed by atoms with Crippen molar-refractivity contribution in [3.63, 3.8) is 0 Å². The van der Waals surface area contributed by atoms with Gasteiger partial charge in [0.1, 0.15) is 11.5 Å². The average Bonchev–Trinajstić information content (AvgIpc) is 3.21. The Morgan fingerprint density at radius 1 is 1.31 bits per heavy atom. The Hall–Kier alpha value is -1.76. The highest BCUT2D eigenvalue weighted by atomic mass is 32.2. The summed E-state index contributed by atoms with van der Waals surface area (Å²) >= 11 is 1.67. The molecular weight excluding hydrogens is 348 g/mol. The Morgan fingerprint density at radius 2 is 2.08 bits per heavy atom. The van der Waals surface area contributed by atoms with Gasteiger partial charge >= 0.3 is 0 Å². The SMILES string of the molecule is CC(=O)CCCSc1nnc(N2CC(C)CC(C)C2)n1Cc1ccco1. The predicted octanol–water partition coefficient (Wildman–Crippen LogP) is 3.86. The van der Waals surface area contributed by atoms with Crippen molar-refractivity contribution < 1.29 is 9.21 Å². The van der Waals surface area contributed by atoms with Gasteiger partial charge in [0.15, 0.2) is 5.16 Å². The summed E-state index contributed by atoms with van der Waals surface area (Å²) in [4.78, 5) is 13.5. The first-order valence-corrected chi connectivity index (χ1v) is 10.3. The van der Waals surface area contributed by atoms with Crippen LogP contribution in [0.1, 0.15) is 45.8 Å². The number of piperidine rings is 1. The summed E-state index contributed by atoms with van der Waals surface area (Å²) in [6.07, 6.45) is 4.44. The number of furan rings is 1. The molecule has 2 unspecified atom stereocenters. The molecular formula is C19H28N4O2S. The van der Waals surface area contributed by atoms with Crippen molar-refractivity contribution in [2.24, 2.45) is 11.8 Å². The van der Waals surface area contributed by atoms with Gasteiger partial charge < -0.3 is 14.1 Å². The van der Waals surface area contributed by atoms with E-state index in [0.29, 0.717) is 24.8 Å². The van der Waals surface area contributed by atoms with Crippen LogP contribution in [0.4, 0.5) is 5.95 Å². The van der Waals surface area contributed by atoms with Crippen molar-refractivity contribution in [2.75, 3.05) is 23.7 Å². The standard InChI is InChI=1S/C19H28N4O2S/c1-14-10-15(2)12-22(11-14)18-20-21-19(26-9-5-6-16(3)24)23(18)13-17-7-4-8-25-17/h4,7-8,14-15H,5-6,9-13H2,1-3H3. The van der Waals surface area contributed by atoms with Crippen LogP contribution < -0.4 is 4.90 Å². The highest BCUT2D eigenvalue weighted by Gasteiger charge is 2.27. The van der Waals surface area contributed by atoms with Crippen molar-refractivity contribution in [3.8, 4) is 0 Å². The molecule has 2 aromatic heterocycles. The number of hydrogen-bond donors (Lipinski definition) is 0. The van der Waals surface area contributed by atoms with Crippen LogP contribution in [0.25, 0.3) is 0 Å². The second-order valence-corrected chi connectivity index (χ2v) is 8.52. The molecule has 1 fully saturated rings. The summed E-state index contributed by atoms with van der Waals surface area (Å²) < 4.78 is 7.71. The van der Waals surface area contributed by atoms with E-state index in [2.05, 4.69) is 33.5 Å². The van der Waals surface area contributed by atoms with Gasteiger partial charge in [0.05, 0.1) is 12.8 Å². The van der Waals surface area contributed by atoms with Crippen LogP contribution in [-0.4, -0.2) is 39.4 Å². The van der Waals surface area contributed by atoms with E-state index in [-0.39, 0.29) is 5.78 Å². The molecule has 2 atom stereocenters. The molecule has 3 heterocycles. The maximum Gasteiger partial charge on any atom is 0.228 e. The molecule has 1 aliphatic heterocycles. The molecule has 0 N–H and O–H groups in total. The van der Waals surface area contributed by atoms with E-state index < -0.39 is 0 Å². The molecule has 0 bridgehead atoms. The minimum Gasteiger partial charge on any atom is -0.467 e. The number of Topliss-reactive ketones (excluding diaryl/α,β-unsaturated/α-hetero) is 1. The molecule has 0 radical (unpaired) electrons. The molecule has 0 aliphatic carbocycles. The van der Waals surface area contributed by atoms with Gasteiger partial charge in [0.2, 0.25) is 5.95 Å². The fourth-order valence-electron chi connectivity index (χ4n) is 3.63. The van der Waals surface area contributed by atoms with Crippen molar-refractivity contribution in [1.29, 1.82) is 0 Å². The zero-order valence-corrected chi connectivity index (χ0v) is 16.7. The molecule has 0 saturated carbocycles. The summed E-state index contributed by atoms with van der Waals surface area (Å²) in [5.74, 6) is 4.23. The second kappa shape index (κ2) is 8.75. The molecule has 142 valence electrons. The fourth-order valence-corrected chi connectivity index (χ4v) is 4.50. The van der Waals surface area contributed by atoms with Gasteiger partial charge in [0, 0.05) is 25.3 Å². The zero-order chi connectivity index (χ0) is 18.5. The van der Waals surface area contributed by atoms with E-state index in [1.165, 1.54) is 6.42 Å². The zero-order valence-electron chi connectivity index (χ0n) is 15.9. The van der Waals surface area contributed by atoms with Gasteiger partial charge in [-0.1, -0.05) is 25.6 Å². The smallest absolute Gasteiger partial charge is 0.228 e. The van der Waals surface area contributed by atoms with Crippen molar-refractivity contribution >= 4 is 23.5 Å². The molecule has 3 rings (SSSR count). The molecule has 6 nitrogen and oxygen atoms in total. The first-order chi connectivity index (χ1) is 12.5. The number of aromatic nitrogens is 3. The monoisotopic (exact) mass is 376 g/mol. The number of nitrogens with zero attached hydrogens (tertiary/aromatic N) is 4. The average molecular weight is 377 g/mol. The molecule has 2 aromatic rings. The second-order valence-electron chi connectivity index (χ2n) is 7.45. The Kier molecular flexibility index (Phi) is 6.40. The van der Waals surface area contributed by atoms with Crippen LogP contribution in [0, 0.1) is 11.8 Å². The van der Waals surface area contributed by atoms with Gasteiger partial charge in [-0.25, -0.2) is 0 Å². The molecule has 1 aliphatic rings. The third-order valence-electron chi connectivity index (χ3n) is 4.65. The first kappa shape index (κ1) is 19.0. The summed E-state index contributed by atoms with van der Waals surface area (Å²) in [6, 6.07) is 3.89. The largest absolute Gasteiger partial charge is 0.467 e. The lowest BCUT2D eigenvalue weighted by Crippen LogP contribution is -2.40. The number of carbonyl (C=O) groups is 1. The van der Waals surface area contributed by atoms with Crippen LogP contribution in [0.3, 0.4) is 0 Å². The molecule has 0 aromatic carbocycles. The highest BCUT2D eigenvalue weighted by Crippen LogP contribution is 2.29. The van der Waals surface area contributed by atoms with Crippen LogP contribution in [0.2, 0.25) is 0 Å². The Morgan fingerprint density at radius 3 is 2.73 bits per heavy atom. The van der Waals surface area contributed by atoms with Gasteiger partial charge in [-0.15, -0.1) is 10.2 Å². The number of ketones is 1. The van der Waals surface area contributed by atoms with E-state index in [1.54, 1.807) is 24.9 Å². The first-order valence-electron chi connectivity index (χ1n) is 9.35. The summed E-state index contributed by atoms with van der Waals surface area (Å²) in [7, 11) is 0. The molecule has 0 amide bonds.